The van der Waals surface area contributed by atoms with Crippen molar-refractivity contribution in [2.75, 3.05) is 14.1 Å². The quantitative estimate of drug-likeness (QED) is 0.422. The van der Waals surface area contributed by atoms with E-state index in [0.717, 1.165) is 6.42 Å². The van der Waals surface area contributed by atoms with Gasteiger partial charge in [-0.2, -0.15) is 0 Å². The molecular formula is C29H34N3+. The maximum atomic E-state index is 2.63. The van der Waals surface area contributed by atoms with Crippen molar-refractivity contribution in [3.63, 3.8) is 0 Å². The van der Waals surface area contributed by atoms with Crippen LogP contribution in [-0.2, 0) is 0 Å². The first-order valence-corrected chi connectivity index (χ1v) is 12.1. The van der Waals surface area contributed by atoms with Crippen molar-refractivity contribution in [3.05, 3.63) is 72.5 Å². The summed E-state index contributed by atoms with van der Waals surface area (Å²) in [6.07, 6.45) is 10.2. The molecule has 1 aromatic heterocycles. The molecule has 2 aromatic carbocycles. The van der Waals surface area contributed by atoms with Gasteiger partial charge in [-0.1, -0.05) is 69.3 Å². The van der Waals surface area contributed by atoms with E-state index in [1.807, 2.05) is 0 Å². The van der Waals surface area contributed by atoms with Crippen LogP contribution < -0.4 is 0 Å². The number of allylic oxidation sites excluding steroid dienone is 3. The second-order valence-electron chi connectivity index (χ2n) is 11.0. The molecule has 3 nitrogen and oxygen atoms in total. The third-order valence-corrected chi connectivity index (χ3v) is 8.12. The Morgan fingerprint density at radius 1 is 0.938 bits per heavy atom. The van der Waals surface area contributed by atoms with Crippen molar-refractivity contribution >= 4 is 27.5 Å². The molecule has 6 rings (SSSR count). The van der Waals surface area contributed by atoms with Crippen molar-refractivity contribution in [1.82, 2.24) is 9.47 Å². The lowest BCUT2D eigenvalue weighted by Crippen LogP contribution is -2.45. The first-order chi connectivity index (χ1) is 15.4. The van der Waals surface area contributed by atoms with E-state index in [1.165, 1.54) is 33.9 Å². The minimum absolute atomic E-state index is 0.157. The molecule has 0 bridgehead atoms. The molecule has 4 atom stereocenters. The number of fused-ring (bicyclic) bond motifs is 6. The minimum atomic E-state index is 0.157. The first-order valence-electron chi connectivity index (χ1n) is 12.1. The van der Waals surface area contributed by atoms with Crippen LogP contribution in [-0.4, -0.2) is 40.0 Å². The number of aromatic nitrogens is 1. The van der Waals surface area contributed by atoms with Crippen molar-refractivity contribution in [3.8, 4) is 0 Å². The highest BCUT2D eigenvalue weighted by Crippen LogP contribution is 2.49. The summed E-state index contributed by atoms with van der Waals surface area (Å²) in [6.45, 7) is 6.97. The van der Waals surface area contributed by atoms with E-state index in [1.54, 1.807) is 5.70 Å². The van der Waals surface area contributed by atoms with Gasteiger partial charge in [-0.05, 0) is 25.0 Å². The van der Waals surface area contributed by atoms with E-state index in [4.69, 9.17) is 0 Å². The molecule has 3 aromatic rings. The SMILES string of the molecule is CN1C2=CCC(n3c4ccccc4c4ccccc43)CC2C2C=CC(C(C)(C)C)=[N+](C)C21. The summed E-state index contributed by atoms with van der Waals surface area (Å²) in [5.74, 6) is 1.11. The molecule has 1 fully saturated rings. The van der Waals surface area contributed by atoms with Gasteiger partial charge in [0.05, 0.1) is 5.92 Å². The molecule has 0 radical (unpaired) electrons. The lowest BCUT2D eigenvalue weighted by atomic mass is 9.79. The van der Waals surface area contributed by atoms with E-state index in [0.29, 0.717) is 24.0 Å². The van der Waals surface area contributed by atoms with E-state index in [2.05, 4.69) is 116 Å². The second kappa shape index (κ2) is 6.84. The normalized spacial score (nSPS) is 27.8. The van der Waals surface area contributed by atoms with Crippen LogP contribution in [0.3, 0.4) is 0 Å². The fraction of sp³-hybridized carbons (Fsp3) is 0.414. The summed E-state index contributed by atoms with van der Waals surface area (Å²) in [5.41, 5.74) is 5.88. The van der Waals surface area contributed by atoms with Gasteiger partial charge >= 0.3 is 0 Å². The van der Waals surface area contributed by atoms with Crippen LogP contribution in [0.5, 0.6) is 0 Å². The van der Waals surface area contributed by atoms with Crippen LogP contribution in [0, 0.1) is 17.3 Å². The van der Waals surface area contributed by atoms with Gasteiger partial charge in [0.1, 0.15) is 7.05 Å². The van der Waals surface area contributed by atoms with Gasteiger partial charge in [0.15, 0.2) is 5.71 Å². The molecule has 1 aliphatic carbocycles. The third-order valence-electron chi connectivity index (χ3n) is 8.12. The average molecular weight is 425 g/mol. The summed E-state index contributed by atoms with van der Waals surface area (Å²) in [4.78, 5) is 2.56. The minimum Gasteiger partial charge on any atom is -0.337 e. The molecule has 3 aliphatic rings. The highest BCUT2D eigenvalue weighted by atomic mass is 15.3. The van der Waals surface area contributed by atoms with E-state index in [9.17, 15) is 0 Å². The first kappa shape index (κ1) is 19.8. The molecule has 2 aliphatic heterocycles. The third kappa shape index (κ3) is 2.69. The standard InChI is InChI=1S/C29H34N3/c1-29(2,3)27-17-15-22-23-18-19(14-16-24(23)30(4)28(22)31(27)5)32-25-12-8-6-10-20(25)21-11-7-9-13-26(21)32/h6-13,15-17,19,22-23,28H,14,18H2,1-5H3/q+1. The Hall–Kier alpha value is -2.81. The maximum Gasteiger partial charge on any atom is 0.234 e. The number of para-hydroxylation sites is 2. The Labute approximate surface area is 191 Å². The van der Waals surface area contributed by atoms with Gasteiger partial charge in [-0.15, -0.1) is 0 Å². The van der Waals surface area contributed by atoms with E-state index in [-0.39, 0.29) is 5.41 Å². The van der Waals surface area contributed by atoms with E-state index < -0.39 is 0 Å². The fourth-order valence-corrected chi connectivity index (χ4v) is 6.85. The summed E-state index contributed by atoms with van der Waals surface area (Å²) < 4.78 is 5.17. The smallest absolute Gasteiger partial charge is 0.234 e. The van der Waals surface area contributed by atoms with Gasteiger partial charge in [0.25, 0.3) is 0 Å². The van der Waals surface area contributed by atoms with Gasteiger partial charge in [0.2, 0.25) is 6.17 Å². The van der Waals surface area contributed by atoms with Gasteiger partial charge in [-0.3, -0.25) is 0 Å². The molecule has 4 unspecified atom stereocenters. The van der Waals surface area contributed by atoms with Crippen molar-refractivity contribution in [2.24, 2.45) is 17.3 Å². The molecule has 3 heterocycles. The predicted octanol–water partition coefficient (Wildman–Crippen LogP) is 6.22. The number of rotatable bonds is 1. The Morgan fingerprint density at radius 2 is 1.56 bits per heavy atom. The lowest BCUT2D eigenvalue weighted by Gasteiger charge is -2.30. The highest BCUT2D eigenvalue weighted by molar-refractivity contribution is 6.08. The highest BCUT2D eigenvalue weighted by Gasteiger charge is 2.52. The number of likely N-dealkylation sites (tertiary alicyclic amines) is 1. The Kier molecular flexibility index (Phi) is 4.24. The second-order valence-corrected chi connectivity index (χ2v) is 11.0. The Balaban J connectivity index is 1.42. The van der Waals surface area contributed by atoms with Crippen molar-refractivity contribution < 1.29 is 4.58 Å². The summed E-state index contributed by atoms with van der Waals surface area (Å²) in [7, 11) is 4.60. The topological polar surface area (TPSA) is 11.2 Å². The van der Waals surface area contributed by atoms with E-state index >= 15 is 0 Å². The van der Waals surface area contributed by atoms with Crippen LogP contribution in [0.2, 0.25) is 0 Å². The van der Waals surface area contributed by atoms with Crippen LogP contribution >= 0.6 is 0 Å². The maximum absolute atomic E-state index is 2.63. The molecule has 0 saturated carbocycles. The molecule has 32 heavy (non-hydrogen) atoms. The van der Waals surface area contributed by atoms with Gasteiger partial charge in [0, 0.05) is 58.0 Å². The van der Waals surface area contributed by atoms with Crippen LogP contribution in [0.1, 0.15) is 39.7 Å². The average Bonchev–Trinajstić information content (AvgIpc) is 3.26. The van der Waals surface area contributed by atoms with Crippen LogP contribution in [0.15, 0.2) is 72.5 Å². The lowest BCUT2D eigenvalue weighted by molar-refractivity contribution is -0.568. The van der Waals surface area contributed by atoms with Gasteiger partial charge < -0.3 is 9.47 Å². The monoisotopic (exact) mass is 424 g/mol. The number of nitrogens with zero attached hydrogens (tertiary/aromatic N) is 3. The predicted molar refractivity (Wildman–Crippen MR) is 134 cm³/mol. The zero-order valence-electron chi connectivity index (χ0n) is 19.9. The number of hydrogen-bond donors (Lipinski definition) is 0. The zero-order valence-corrected chi connectivity index (χ0v) is 19.9. The number of hydrogen-bond acceptors (Lipinski definition) is 1. The summed E-state index contributed by atoms with van der Waals surface area (Å²) >= 11 is 0. The van der Waals surface area contributed by atoms with Crippen LogP contribution in [0.4, 0.5) is 0 Å². The number of benzene rings is 2. The summed E-state index contributed by atoms with van der Waals surface area (Å²) in [5, 5.41) is 2.75. The molecule has 3 heteroatoms. The Bertz CT molecular complexity index is 1260. The molecule has 0 spiro atoms. The molecule has 0 amide bonds. The molecule has 164 valence electrons. The Morgan fingerprint density at radius 3 is 2.19 bits per heavy atom. The molecular weight excluding hydrogens is 390 g/mol. The molecule has 0 N–H and O–H groups in total. The summed E-state index contributed by atoms with van der Waals surface area (Å²) in [6, 6.07) is 18.4. The van der Waals surface area contributed by atoms with Crippen LogP contribution in [0.25, 0.3) is 21.8 Å². The van der Waals surface area contributed by atoms with Crippen molar-refractivity contribution in [1.29, 1.82) is 0 Å². The zero-order chi connectivity index (χ0) is 22.2. The largest absolute Gasteiger partial charge is 0.337 e. The fourth-order valence-electron chi connectivity index (χ4n) is 6.85. The molecule has 1 saturated heterocycles. The van der Waals surface area contributed by atoms with Gasteiger partial charge in [-0.25, -0.2) is 4.58 Å². The van der Waals surface area contributed by atoms with Crippen molar-refractivity contribution in [2.45, 2.75) is 45.8 Å².